The van der Waals surface area contributed by atoms with Gasteiger partial charge in [-0.15, -0.1) is 0 Å². The van der Waals surface area contributed by atoms with Gasteiger partial charge >= 0.3 is 0 Å². The number of aromatic nitrogens is 1. The van der Waals surface area contributed by atoms with Gasteiger partial charge in [0, 0.05) is 23.2 Å². The lowest BCUT2D eigenvalue weighted by molar-refractivity contribution is 0.0740. The van der Waals surface area contributed by atoms with Gasteiger partial charge in [0.1, 0.15) is 0 Å². The topological polar surface area (TPSA) is 53.2 Å². The second-order valence-corrected chi connectivity index (χ2v) is 7.16. The van der Waals surface area contributed by atoms with Gasteiger partial charge in [-0.3, -0.25) is 9.59 Å². The van der Waals surface area contributed by atoms with E-state index in [1.807, 2.05) is 62.4 Å². The van der Waals surface area contributed by atoms with Crippen LogP contribution in [0.5, 0.6) is 0 Å². The zero-order chi connectivity index (χ0) is 19.4. The Labute approximate surface area is 159 Å². The lowest BCUT2D eigenvalue weighted by atomic mass is 10.1. The maximum atomic E-state index is 13.0. The second-order valence-electron chi connectivity index (χ2n) is 7.16. The van der Waals surface area contributed by atoms with E-state index in [2.05, 4.69) is 11.9 Å². The minimum absolute atomic E-state index is 0.0316. The molecule has 140 valence electrons. The molecule has 0 radical (unpaired) electrons. The summed E-state index contributed by atoms with van der Waals surface area (Å²) in [6.07, 6.45) is 1.90. The Hall–Kier alpha value is -2.88. The number of amides is 1. The number of nitrogens with one attached hydrogen (secondary N) is 1. The van der Waals surface area contributed by atoms with Crippen molar-refractivity contribution in [3.63, 3.8) is 0 Å². The van der Waals surface area contributed by atoms with Gasteiger partial charge in [0.05, 0.1) is 6.54 Å². The number of pyridine rings is 1. The molecule has 1 amide bonds. The maximum absolute atomic E-state index is 13.0. The van der Waals surface area contributed by atoms with Gasteiger partial charge in [0.2, 0.25) is 0 Å². The van der Waals surface area contributed by atoms with Gasteiger partial charge < -0.3 is 9.88 Å². The number of benzene rings is 2. The average molecular weight is 362 g/mol. The van der Waals surface area contributed by atoms with E-state index in [4.69, 9.17) is 0 Å². The van der Waals surface area contributed by atoms with Crippen LogP contribution in [0.25, 0.3) is 10.9 Å². The third-order valence-electron chi connectivity index (χ3n) is 4.77. The van der Waals surface area contributed by atoms with Gasteiger partial charge in [-0.25, -0.2) is 0 Å². The fraction of sp³-hybridized carbons (Fsp3) is 0.304. The third-order valence-corrected chi connectivity index (χ3v) is 4.77. The molecule has 0 unspecified atom stereocenters. The molecule has 0 saturated carbocycles. The van der Waals surface area contributed by atoms with Crippen LogP contribution >= 0.6 is 0 Å². The van der Waals surface area contributed by atoms with E-state index in [9.17, 15) is 9.59 Å². The molecule has 0 aliphatic heterocycles. The van der Waals surface area contributed by atoms with Crippen LogP contribution in [0.15, 0.2) is 53.3 Å². The Bertz CT molecular complexity index is 1020. The van der Waals surface area contributed by atoms with Crippen molar-refractivity contribution < 1.29 is 4.79 Å². The van der Waals surface area contributed by atoms with Crippen molar-refractivity contribution in [1.82, 2.24) is 9.88 Å². The van der Waals surface area contributed by atoms with Crippen molar-refractivity contribution in [1.29, 1.82) is 0 Å². The molecule has 0 bridgehead atoms. The van der Waals surface area contributed by atoms with Gasteiger partial charge in [0.25, 0.3) is 11.5 Å². The van der Waals surface area contributed by atoms with Crippen LogP contribution in [0.1, 0.15) is 46.8 Å². The SMILES string of the molecule is CCCCN(Cc1cc2cc(C)ccc2[nH]c1=O)C(=O)c1cccc(C)c1. The van der Waals surface area contributed by atoms with Crippen molar-refractivity contribution in [2.75, 3.05) is 6.54 Å². The monoisotopic (exact) mass is 362 g/mol. The number of hydrogen-bond acceptors (Lipinski definition) is 2. The summed E-state index contributed by atoms with van der Waals surface area (Å²) in [5, 5.41) is 0.989. The predicted octanol–water partition coefficient (Wildman–Crippen LogP) is 4.59. The second kappa shape index (κ2) is 8.21. The highest BCUT2D eigenvalue weighted by atomic mass is 16.2. The summed E-state index contributed by atoms with van der Waals surface area (Å²) in [5.74, 6) is -0.0316. The predicted molar refractivity (Wildman–Crippen MR) is 110 cm³/mol. The standard InChI is InChI=1S/C23H26N2O2/c1-4-5-11-25(23(27)18-8-6-7-16(2)12-18)15-20-14-19-13-17(3)9-10-21(19)24-22(20)26/h6-10,12-14H,4-5,11,15H2,1-3H3,(H,24,26). The van der Waals surface area contributed by atoms with Crippen LogP contribution < -0.4 is 5.56 Å². The van der Waals surface area contributed by atoms with Crippen molar-refractivity contribution in [2.45, 2.75) is 40.2 Å². The number of hydrogen-bond donors (Lipinski definition) is 1. The number of aromatic amines is 1. The summed E-state index contributed by atoms with van der Waals surface area (Å²) in [4.78, 5) is 30.3. The van der Waals surface area contributed by atoms with Crippen LogP contribution in [0.2, 0.25) is 0 Å². The van der Waals surface area contributed by atoms with E-state index in [0.717, 1.165) is 34.9 Å². The summed E-state index contributed by atoms with van der Waals surface area (Å²) in [7, 11) is 0. The average Bonchev–Trinajstić information content (AvgIpc) is 2.65. The Morgan fingerprint density at radius 1 is 1.04 bits per heavy atom. The summed E-state index contributed by atoms with van der Waals surface area (Å²) in [6, 6.07) is 15.5. The van der Waals surface area contributed by atoms with E-state index in [1.165, 1.54) is 0 Å². The minimum Gasteiger partial charge on any atom is -0.334 e. The van der Waals surface area contributed by atoms with Gasteiger partial charge in [0.15, 0.2) is 0 Å². The first kappa shape index (κ1) is 18.9. The van der Waals surface area contributed by atoms with Crippen LogP contribution in [0.3, 0.4) is 0 Å². The van der Waals surface area contributed by atoms with E-state index in [1.54, 1.807) is 4.90 Å². The summed E-state index contributed by atoms with van der Waals surface area (Å²) in [6.45, 7) is 7.05. The molecule has 3 rings (SSSR count). The van der Waals surface area contributed by atoms with Crippen LogP contribution in [0.4, 0.5) is 0 Å². The molecule has 1 heterocycles. The molecule has 0 atom stereocenters. The molecule has 1 N–H and O–H groups in total. The summed E-state index contributed by atoms with van der Waals surface area (Å²) >= 11 is 0. The van der Waals surface area contributed by atoms with Crippen molar-refractivity contribution >= 4 is 16.8 Å². The molecule has 0 fully saturated rings. The fourth-order valence-corrected chi connectivity index (χ4v) is 3.26. The van der Waals surface area contributed by atoms with Crippen LogP contribution in [0, 0.1) is 13.8 Å². The minimum atomic E-state index is -0.134. The Morgan fingerprint density at radius 3 is 2.56 bits per heavy atom. The molecule has 0 aliphatic carbocycles. The van der Waals surface area contributed by atoms with Crippen molar-refractivity contribution in [3.05, 3.63) is 81.1 Å². The van der Waals surface area contributed by atoms with E-state index in [0.29, 0.717) is 24.2 Å². The number of nitrogens with zero attached hydrogens (tertiary/aromatic N) is 1. The molecular formula is C23H26N2O2. The maximum Gasteiger partial charge on any atom is 0.254 e. The van der Waals surface area contributed by atoms with E-state index in [-0.39, 0.29) is 11.5 Å². The van der Waals surface area contributed by atoms with Gasteiger partial charge in [-0.2, -0.15) is 0 Å². The molecular weight excluding hydrogens is 336 g/mol. The number of H-pyrrole nitrogens is 1. The Morgan fingerprint density at radius 2 is 1.81 bits per heavy atom. The lowest BCUT2D eigenvalue weighted by Crippen LogP contribution is -2.33. The molecule has 0 aliphatic rings. The third kappa shape index (κ3) is 4.45. The normalized spacial score (nSPS) is 10.9. The molecule has 0 saturated heterocycles. The largest absolute Gasteiger partial charge is 0.334 e. The zero-order valence-corrected chi connectivity index (χ0v) is 16.2. The summed E-state index contributed by atoms with van der Waals surface area (Å²) < 4.78 is 0. The molecule has 4 heteroatoms. The quantitative estimate of drug-likeness (QED) is 0.697. The highest BCUT2D eigenvalue weighted by Crippen LogP contribution is 2.16. The Kier molecular flexibility index (Phi) is 5.75. The van der Waals surface area contributed by atoms with Gasteiger partial charge in [-0.05, 0) is 56.0 Å². The first-order valence-corrected chi connectivity index (χ1v) is 9.46. The fourth-order valence-electron chi connectivity index (χ4n) is 3.26. The number of unbranched alkanes of at least 4 members (excludes halogenated alkanes) is 1. The number of fused-ring (bicyclic) bond motifs is 1. The molecule has 2 aromatic carbocycles. The highest BCUT2D eigenvalue weighted by Gasteiger charge is 2.17. The first-order valence-electron chi connectivity index (χ1n) is 9.46. The molecule has 3 aromatic rings. The lowest BCUT2D eigenvalue weighted by Gasteiger charge is -2.23. The molecule has 4 nitrogen and oxygen atoms in total. The highest BCUT2D eigenvalue weighted by molar-refractivity contribution is 5.94. The van der Waals surface area contributed by atoms with Crippen LogP contribution in [-0.4, -0.2) is 22.3 Å². The molecule has 27 heavy (non-hydrogen) atoms. The zero-order valence-electron chi connectivity index (χ0n) is 16.2. The van der Waals surface area contributed by atoms with Crippen molar-refractivity contribution in [2.24, 2.45) is 0 Å². The van der Waals surface area contributed by atoms with Gasteiger partial charge in [-0.1, -0.05) is 42.7 Å². The molecule has 1 aromatic heterocycles. The van der Waals surface area contributed by atoms with Crippen molar-refractivity contribution in [3.8, 4) is 0 Å². The number of rotatable bonds is 6. The Balaban J connectivity index is 1.94. The van der Waals surface area contributed by atoms with Crippen LogP contribution in [-0.2, 0) is 6.54 Å². The van der Waals surface area contributed by atoms with E-state index >= 15 is 0 Å². The number of aryl methyl sites for hydroxylation is 2. The first-order chi connectivity index (χ1) is 13.0. The smallest absolute Gasteiger partial charge is 0.254 e. The number of carbonyl (C=O) groups excluding carboxylic acids is 1. The summed E-state index contributed by atoms with van der Waals surface area (Å²) in [5.41, 5.74) is 4.16. The van der Waals surface area contributed by atoms with E-state index < -0.39 is 0 Å². The number of carbonyl (C=O) groups is 1. The molecule has 0 spiro atoms.